The molecule has 2 aliphatic heterocycles. The van der Waals surface area contributed by atoms with Crippen LogP contribution in [0.3, 0.4) is 0 Å². The predicted molar refractivity (Wildman–Crippen MR) is 103 cm³/mol. The molecular formula is C16H23ClIN3O2. The number of likely N-dealkylation sites (tertiary alicyclic amines) is 1. The van der Waals surface area contributed by atoms with E-state index in [0.717, 1.165) is 18.7 Å². The van der Waals surface area contributed by atoms with Gasteiger partial charge in [-0.2, -0.15) is 0 Å². The number of nitrogens with two attached hydrogens (primary N) is 1. The summed E-state index contributed by atoms with van der Waals surface area (Å²) >= 11 is 6.24. The summed E-state index contributed by atoms with van der Waals surface area (Å²) in [7, 11) is 0. The number of hydrogen-bond acceptors (Lipinski definition) is 3. The average molecular weight is 452 g/mol. The first-order valence-corrected chi connectivity index (χ1v) is 8.14. The zero-order chi connectivity index (χ0) is 15.5. The van der Waals surface area contributed by atoms with E-state index in [1.165, 1.54) is 12.8 Å². The zero-order valence-electron chi connectivity index (χ0n) is 13.3. The minimum atomic E-state index is 0. The van der Waals surface area contributed by atoms with Crippen LogP contribution >= 0.6 is 35.6 Å². The standard InChI is InChI=1S/C16H22ClN3O2.HI/c1-11-3-2-4-20(10-11)16(18)19-9-12-7-13(17)15-14(8-12)21-5-6-22-15;/h7-8,11H,2-6,9-10H2,1H3,(H2,18,19);1H. The number of rotatable bonds is 2. The Morgan fingerprint density at radius 1 is 1.39 bits per heavy atom. The third kappa shape index (κ3) is 4.56. The van der Waals surface area contributed by atoms with Gasteiger partial charge in [0.2, 0.25) is 0 Å². The van der Waals surface area contributed by atoms with E-state index in [2.05, 4.69) is 16.8 Å². The molecule has 5 nitrogen and oxygen atoms in total. The summed E-state index contributed by atoms with van der Waals surface area (Å²) in [6.07, 6.45) is 2.44. The summed E-state index contributed by atoms with van der Waals surface area (Å²) < 4.78 is 11.1. The number of ether oxygens (including phenoxy) is 2. The van der Waals surface area contributed by atoms with Crippen LogP contribution in [0.5, 0.6) is 11.5 Å². The minimum absolute atomic E-state index is 0. The van der Waals surface area contributed by atoms with Gasteiger partial charge >= 0.3 is 0 Å². The lowest BCUT2D eigenvalue weighted by atomic mass is 10.0. The number of piperidine rings is 1. The van der Waals surface area contributed by atoms with Crippen molar-refractivity contribution < 1.29 is 9.47 Å². The molecule has 2 heterocycles. The third-order valence-electron chi connectivity index (χ3n) is 4.06. The van der Waals surface area contributed by atoms with Crippen molar-refractivity contribution in [3.05, 3.63) is 22.7 Å². The SMILES string of the molecule is CC1CCCN(C(N)=NCc2cc(Cl)c3c(c2)OCCO3)C1.I. The van der Waals surface area contributed by atoms with Crippen molar-refractivity contribution in [3.63, 3.8) is 0 Å². The number of halogens is 2. The van der Waals surface area contributed by atoms with E-state index < -0.39 is 0 Å². The highest BCUT2D eigenvalue weighted by molar-refractivity contribution is 14.0. The highest BCUT2D eigenvalue weighted by Gasteiger charge is 2.19. The van der Waals surface area contributed by atoms with Crippen LogP contribution in [-0.4, -0.2) is 37.2 Å². The summed E-state index contributed by atoms with van der Waals surface area (Å²) in [5.74, 6) is 2.59. The number of benzene rings is 1. The van der Waals surface area contributed by atoms with E-state index >= 15 is 0 Å². The van der Waals surface area contributed by atoms with E-state index in [9.17, 15) is 0 Å². The van der Waals surface area contributed by atoms with Crippen molar-refractivity contribution in [3.8, 4) is 11.5 Å². The molecule has 0 radical (unpaired) electrons. The van der Waals surface area contributed by atoms with Crippen LogP contribution in [0.1, 0.15) is 25.3 Å². The first-order valence-electron chi connectivity index (χ1n) is 7.76. The van der Waals surface area contributed by atoms with Gasteiger partial charge in [0, 0.05) is 13.1 Å². The number of fused-ring (bicyclic) bond motifs is 1. The molecule has 0 spiro atoms. The Hall–Kier alpha value is -0.890. The lowest BCUT2D eigenvalue weighted by molar-refractivity contribution is 0.171. The van der Waals surface area contributed by atoms with E-state index in [0.29, 0.717) is 48.2 Å². The van der Waals surface area contributed by atoms with Crippen LogP contribution in [0, 0.1) is 5.92 Å². The third-order valence-corrected chi connectivity index (χ3v) is 4.34. The summed E-state index contributed by atoms with van der Waals surface area (Å²) in [4.78, 5) is 6.67. The van der Waals surface area contributed by atoms with Crippen molar-refractivity contribution in [1.82, 2.24) is 4.90 Å². The molecule has 0 aromatic heterocycles. The fraction of sp³-hybridized carbons (Fsp3) is 0.562. The highest BCUT2D eigenvalue weighted by atomic mass is 127. The first kappa shape index (κ1) is 18.4. The molecule has 3 rings (SSSR count). The maximum atomic E-state index is 6.24. The summed E-state index contributed by atoms with van der Waals surface area (Å²) in [5.41, 5.74) is 7.10. The van der Waals surface area contributed by atoms with E-state index in [1.807, 2.05) is 12.1 Å². The summed E-state index contributed by atoms with van der Waals surface area (Å²) in [6.45, 7) is 5.79. The molecule has 2 N–H and O–H groups in total. The van der Waals surface area contributed by atoms with Gasteiger partial charge in [-0.25, -0.2) is 4.99 Å². The van der Waals surface area contributed by atoms with Crippen LogP contribution in [0.2, 0.25) is 5.02 Å². The van der Waals surface area contributed by atoms with Crippen LogP contribution < -0.4 is 15.2 Å². The van der Waals surface area contributed by atoms with Crippen molar-refractivity contribution in [2.45, 2.75) is 26.3 Å². The van der Waals surface area contributed by atoms with E-state index in [-0.39, 0.29) is 24.0 Å². The molecule has 0 amide bonds. The fourth-order valence-corrected chi connectivity index (χ4v) is 3.21. The molecule has 1 atom stereocenters. The average Bonchev–Trinajstić information content (AvgIpc) is 2.53. The molecule has 2 aliphatic rings. The lowest BCUT2D eigenvalue weighted by Crippen LogP contribution is -2.43. The molecular weight excluding hydrogens is 429 g/mol. The second kappa shape index (κ2) is 8.28. The van der Waals surface area contributed by atoms with Crippen LogP contribution in [0.4, 0.5) is 0 Å². The van der Waals surface area contributed by atoms with Gasteiger partial charge in [0.05, 0.1) is 11.6 Å². The molecule has 0 saturated carbocycles. The van der Waals surface area contributed by atoms with Crippen LogP contribution in [0.15, 0.2) is 17.1 Å². The summed E-state index contributed by atoms with van der Waals surface area (Å²) in [5, 5.41) is 0.563. The van der Waals surface area contributed by atoms with Gasteiger partial charge < -0.3 is 20.1 Å². The van der Waals surface area contributed by atoms with Gasteiger partial charge in [0.15, 0.2) is 17.5 Å². The zero-order valence-corrected chi connectivity index (χ0v) is 16.3. The number of hydrogen-bond donors (Lipinski definition) is 1. The Balaban J connectivity index is 0.00000192. The van der Waals surface area contributed by atoms with Crippen LogP contribution in [0.25, 0.3) is 0 Å². The maximum Gasteiger partial charge on any atom is 0.191 e. The fourth-order valence-electron chi connectivity index (χ4n) is 2.93. The normalized spacial score (nSPS) is 20.9. The highest BCUT2D eigenvalue weighted by Crippen LogP contribution is 2.38. The molecule has 1 saturated heterocycles. The molecule has 1 fully saturated rings. The Labute approximate surface area is 159 Å². The molecule has 0 aliphatic carbocycles. The molecule has 1 aromatic carbocycles. The van der Waals surface area contributed by atoms with Gasteiger partial charge in [0.1, 0.15) is 13.2 Å². The summed E-state index contributed by atoms with van der Waals surface area (Å²) in [6, 6.07) is 3.79. The lowest BCUT2D eigenvalue weighted by Gasteiger charge is -2.31. The van der Waals surface area contributed by atoms with Crippen molar-refractivity contribution in [1.29, 1.82) is 0 Å². The van der Waals surface area contributed by atoms with Crippen molar-refractivity contribution >= 4 is 41.5 Å². The van der Waals surface area contributed by atoms with Crippen molar-refractivity contribution in [2.24, 2.45) is 16.6 Å². The molecule has 23 heavy (non-hydrogen) atoms. The van der Waals surface area contributed by atoms with E-state index in [1.54, 1.807) is 0 Å². The maximum absolute atomic E-state index is 6.24. The molecule has 1 unspecified atom stereocenters. The number of guanidine groups is 1. The Bertz CT molecular complexity index is 583. The number of aliphatic imine (C=N–C) groups is 1. The van der Waals surface area contributed by atoms with Gasteiger partial charge in [-0.1, -0.05) is 18.5 Å². The quantitative estimate of drug-likeness (QED) is 0.426. The Morgan fingerprint density at radius 2 is 2.17 bits per heavy atom. The van der Waals surface area contributed by atoms with Crippen LogP contribution in [-0.2, 0) is 6.54 Å². The minimum Gasteiger partial charge on any atom is -0.486 e. The van der Waals surface area contributed by atoms with E-state index in [4.69, 9.17) is 26.8 Å². The topological polar surface area (TPSA) is 60.1 Å². The predicted octanol–water partition coefficient (Wildman–Crippen LogP) is 3.28. The monoisotopic (exact) mass is 451 g/mol. The molecule has 128 valence electrons. The molecule has 7 heteroatoms. The van der Waals surface area contributed by atoms with Gasteiger partial charge in [-0.15, -0.1) is 24.0 Å². The largest absolute Gasteiger partial charge is 0.486 e. The number of nitrogens with zero attached hydrogens (tertiary/aromatic N) is 2. The Kier molecular flexibility index (Phi) is 6.64. The molecule has 1 aromatic rings. The Morgan fingerprint density at radius 3 is 2.96 bits per heavy atom. The molecule has 0 bridgehead atoms. The second-order valence-electron chi connectivity index (χ2n) is 5.97. The van der Waals surface area contributed by atoms with Gasteiger partial charge in [-0.3, -0.25) is 0 Å². The first-order chi connectivity index (χ1) is 10.6. The second-order valence-corrected chi connectivity index (χ2v) is 6.38. The van der Waals surface area contributed by atoms with Gasteiger partial charge in [-0.05, 0) is 36.5 Å². The van der Waals surface area contributed by atoms with Crippen molar-refractivity contribution in [2.75, 3.05) is 26.3 Å². The van der Waals surface area contributed by atoms with Gasteiger partial charge in [0.25, 0.3) is 0 Å². The smallest absolute Gasteiger partial charge is 0.191 e.